The van der Waals surface area contributed by atoms with Crippen LogP contribution in [0.1, 0.15) is 33.6 Å². The van der Waals surface area contributed by atoms with E-state index in [1.807, 2.05) is 0 Å². The summed E-state index contributed by atoms with van der Waals surface area (Å²) in [6, 6.07) is 2.37. The van der Waals surface area contributed by atoms with Crippen LogP contribution in [0.3, 0.4) is 0 Å². The van der Waals surface area contributed by atoms with Gasteiger partial charge >= 0.3 is 0 Å². The Balaban J connectivity index is 2.46. The Bertz CT molecular complexity index is 164. The van der Waals surface area contributed by atoms with Gasteiger partial charge in [-0.1, -0.05) is 20.8 Å². The average molecular weight is 137 g/mol. The lowest BCUT2D eigenvalue weighted by Crippen LogP contribution is -2.02. The van der Waals surface area contributed by atoms with Crippen LogP contribution in [-0.4, -0.2) is 0 Å². The fourth-order valence-corrected chi connectivity index (χ4v) is 1.66. The van der Waals surface area contributed by atoms with Gasteiger partial charge in [0.1, 0.15) is 0 Å². The lowest BCUT2D eigenvalue weighted by molar-refractivity contribution is 0.456. The predicted octanol–water partition coefficient (Wildman–Crippen LogP) is 2.58. The minimum atomic E-state index is 0.315. The number of nitriles is 1. The van der Waals surface area contributed by atoms with Crippen molar-refractivity contribution in [2.75, 3.05) is 0 Å². The van der Waals surface area contributed by atoms with Gasteiger partial charge in [-0.3, -0.25) is 0 Å². The third kappa shape index (κ3) is 1.16. The van der Waals surface area contributed by atoms with Gasteiger partial charge < -0.3 is 0 Å². The van der Waals surface area contributed by atoms with Gasteiger partial charge in [0.25, 0.3) is 0 Å². The largest absolute Gasteiger partial charge is 0.198 e. The van der Waals surface area contributed by atoms with Crippen molar-refractivity contribution in [1.82, 2.24) is 0 Å². The monoisotopic (exact) mass is 137 g/mol. The molecule has 2 unspecified atom stereocenters. The zero-order valence-electron chi connectivity index (χ0n) is 7.02. The van der Waals surface area contributed by atoms with Gasteiger partial charge in [0.2, 0.25) is 0 Å². The van der Waals surface area contributed by atoms with E-state index in [0.717, 1.165) is 6.42 Å². The van der Waals surface area contributed by atoms with E-state index in [0.29, 0.717) is 17.3 Å². The summed E-state index contributed by atoms with van der Waals surface area (Å²) in [6.07, 6.45) is 2.27. The standard InChI is InChI=1S/C9H15N/c1-4-7(6-10)8-5-9(8,2)3/h7-8H,4-5H2,1-3H3. The molecule has 0 aromatic carbocycles. The molecule has 1 heteroatoms. The molecule has 0 N–H and O–H groups in total. The van der Waals surface area contributed by atoms with E-state index < -0.39 is 0 Å². The Kier molecular flexibility index (Phi) is 1.72. The van der Waals surface area contributed by atoms with Crippen LogP contribution in [-0.2, 0) is 0 Å². The molecule has 0 heterocycles. The zero-order valence-corrected chi connectivity index (χ0v) is 7.02. The summed E-state index contributed by atoms with van der Waals surface area (Å²) >= 11 is 0. The second-order valence-corrected chi connectivity index (χ2v) is 3.94. The van der Waals surface area contributed by atoms with Crippen LogP contribution in [0.25, 0.3) is 0 Å². The van der Waals surface area contributed by atoms with Crippen molar-refractivity contribution in [2.24, 2.45) is 17.3 Å². The van der Waals surface area contributed by atoms with E-state index in [4.69, 9.17) is 5.26 Å². The highest BCUT2D eigenvalue weighted by atomic mass is 14.5. The lowest BCUT2D eigenvalue weighted by Gasteiger charge is -2.06. The summed E-state index contributed by atoms with van der Waals surface area (Å²) in [5, 5.41) is 8.72. The van der Waals surface area contributed by atoms with Gasteiger partial charge in [-0.05, 0) is 24.2 Å². The molecule has 56 valence electrons. The summed E-state index contributed by atoms with van der Waals surface area (Å²) < 4.78 is 0. The van der Waals surface area contributed by atoms with Crippen molar-refractivity contribution < 1.29 is 0 Å². The molecule has 1 aliphatic carbocycles. The molecule has 0 amide bonds. The zero-order chi connectivity index (χ0) is 7.78. The summed E-state index contributed by atoms with van der Waals surface area (Å²) in [7, 11) is 0. The molecule has 0 spiro atoms. The van der Waals surface area contributed by atoms with Crippen molar-refractivity contribution >= 4 is 0 Å². The molecule has 0 saturated heterocycles. The minimum absolute atomic E-state index is 0.315. The molecule has 0 aromatic rings. The summed E-state index contributed by atoms with van der Waals surface area (Å²) in [5.41, 5.74) is 0.469. The number of hydrogen-bond donors (Lipinski definition) is 0. The second kappa shape index (κ2) is 2.27. The van der Waals surface area contributed by atoms with Gasteiger partial charge in [0, 0.05) is 5.92 Å². The Morgan fingerprint density at radius 2 is 2.20 bits per heavy atom. The molecule has 10 heavy (non-hydrogen) atoms. The summed E-state index contributed by atoms with van der Waals surface area (Å²) in [4.78, 5) is 0. The van der Waals surface area contributed by atoms with Crippen molar-refractivity contribution in [3.8, 4) is 6.07 Å². The van der Waals surface area contributed by atoms with Crippen LogP contribution >= 0.6 is 0 Å². The summed E-state index contributed by atoms with van der Waals surface area (Å²) in [6.45, 7) is 6.59. The Labute approximate surface area is 63.0 Å². The highest BCUT2D eigenvalue weighted by Crippen LogP contribution is 2.56. The van der Waals surface area contributed by atoms with Crippen LogP contribution in [0.5, 0.6) is 0 Å². The van der Waals surface area contributed by atoms with Crippen LogP contribution in [0.15, 0.2) is 0 Å². The molecule has 1 rings (SSSR count). The SMILES string of the molecule is CCC(C#N)C1CC1(C)C. The van der Waals surface area contributed by atoms with E-state index in [1.54, 1.807) is 0 Å². The van der Waals surface area contributed by atoms with Crippen molar-refractivity contribution in [1.29, 1.82) is 5.26 Å². The first-order chi connectivity index (χ1) is 4.61. The van der Waals surface area contributed by atoms with Gasteiger partial charge in [-0.25, -0.2) is 0 Å². The Morgan fingerprint density at radius 1 is 1.70 bits per heavy atom. The van der Waals surface area contributed by atoms with E-state index >= 15 is 0 Å². The van der Waals surface area contributed by atoms with Crippen LogP contribution in [0.4, 0.5) is 0 Å². The number of hydrogen-bond acceptors (Lipinski definition) is 1. The van der Waals surface area contributed by atoms with Gasteiger partial charge in [0.15, 0.2) is 0 Å². The number of nitrogens with zero attached hydrogens (tertiary/aromatic N) is 1. The molecule has 0 radical (unpaired) electrons. The molecule has 0 aromatic heterocycles. The first-order valence-corrected chi connectivity index (χ1v) is 4.01. The molecular weight excluding hydrogens is 122 g/mol. The molecule has 1 nitrogen and oxygen atoms in total. The average Bonchev–Trinajstić information content (AvgIpc) is 2.44. The topological polar surface area (TPSA) is 23.8 Å². The highest BCUT2D eigenvalue weighted by molar-refractivity contribution is 5.04. The molecule has 1 fully saturated rings. The molecule has 0 aliphatic heterocycles. The Morgan fingerprint density at radius 3 is 2.30 bits per heavy atom. The maximum absolute atomic E-state index is 8.72. The number of rotatable bonds is 2. The molecule has 2 atom stereocenters. The lowest BCUT2D eigenvalue weighted by atomic mass is 9.96. The fourth-order valence-electron chi connectivity index (χ4n) is 1.66. The predicted molar refractivity (Wildman–Crippen MR) is 41.3 cm³/mol. The molecular formula is C9H15N. The fraction of sp³-hybridized carbons (Fsp3) is 0.889. The van der Waals surface area contributed by atoms with Crippen molar-refractivity contribution in [2.45, 2.75) is 33.6 Å². The first-order valence-electron chi connectivity index (χ1n) is 4.01. The van der Waals surface area contributed by atoms with E-state index in [9.17, 15) is 0 Å². The van der Waals surface area contributed by atoms with Crippen LogP contribution in [0, 0.1) is 28.6 Å². The highest BCUT2D eigenvalue weighted by Gasteiger charge is 2.49. The normalized spacial score (nSPS) is 30.8. The smallest absolute Gasteiger partial charge is 0.0658 e. The maximum atomic E-state index is 8.72. The van der Waals surface area contributed by atoms with Crippen LogP contribution in [0.2, 0.25) is 0 Å². The third-order valence-electron chi connectivity index (χ3n) is 2.68. The van der Waals surface area contributed by atoms with Crippen molar-refractivity contribution in [3.63, 3.8) is 0 Å². The molecule has 1 aliphatic rings. The van der Waals surface area contributed by atoms with Gasteiger partial charge in [0.05, 0.1) is 6.07 Å². The van der Waals surface area contributed by atoms with Gasteiger partial charge in [-0.2, -0.15) is 5.26 Å². The third-order valence-corrected chi connectivity index (χ3v) is 2.68. The van der Waals surface area contributed by atoms with Gasteiger partial charge in [-0.15, -0.1) is 0 Å². The van der Waals surface area contributed by atoms with E-state index in [1.165, 1.54) is 6.42 Å². The second-order valence-electron chi connectivity index (χ2n) is 3.94. The van der Waals surface area contributed by atoms with E-state index in [2.05, 4.69) is 26.8 Å². The molecule has 0 bridgehead atoms. The van der Waals surface area contributed by atoms with E-state index in [-0.39, 0.29) is 0 Å². The maximum Gasteiger partial charge on any atom is 0.0658 e. The quantitative estimate of drug-likeness (QED) is 0.574. The van der Waals surface area contributed by atoms with Crippen molar-refractivity contribution in [3.05, 3.63) is 0 Å². The Hall–Kier alpha value is -0.510. The summed E-state index contributed by atoms with van der Waals surface area (Å²) in [5.74, 6) is 0.998. The first kappa shape index (κ1) is 7.60. The minimum Gasteiger partial charge on any atom is -0.198 e. The molecule has 1 saturated carbocycles. The van der Waals surface area contributed by atoms with Crippen LogP contribution < -0.4 is 0 Å².